The van der Waals surface area contributed by atoms with E-state index in [4.69, 9.17) is 27.5 Å². The number of halogens is 1. The van der Waals surface area contributed by atoms with Crippen LogP contribution in [0.25, 0.3) is 11.1 Å². The van der Waals surface area contributed by atoms with E-state index in [1.165, 1.54) is 0 Å². The van der Waals surface area contributed by atoms with E-state index in [9.17, 15) is 0 Å². The highest BCUT2D eigenvalue weighted by Gasteiger charge is 2.11. The zero-order valence-corrected chi connectivity index (χ0v) is 12.4. The summed E-state index contributed by atoms with van der Waals surface area (Å²) in [5, 5.41) is 18.9. The normalized spacial score (nSPS) is 10.6. The van der Waals surface area contributed by atoms with Crippen molar-refractivity contribution in [1.29, 1.82) is 0 Å². The molecule has 0 fully saturated rings. The molecule has 0 radical (unpaired) electrons. The van der Waals surface area contributed by atoms with Crippen molar-refractivity contribution in [3.8, 4) is 11.1 Å². The second-order valence-corrected chi connectivity index (χ2v) is 5.09. The zero-order chi connectivity index (χ0) is 15.2. The highest BCUT2D eigenvalue weighted by molar-refractivity contribution is 6.33. The highest BCUT2D eigenvalue weighted by Crippen LogP contribution is 2.34. The lowest BCUT2D eigenvalue weighted by atomic mass is 10.0. The van der Waals surface area contributed by atoms with Gasteiger partial charge in [-0.2, -0.15) is 0 Å². The van der Waals surface area contributed by atoms with E-state index < -0.39 is 0 Å². The van der Waals surface area contributed by atoms with Gasteiger partial charge in [0, 0.05) is 40.6 Å². The molecule has 21 heavy (non-hydrogen) atoms. The van der Waals surface area contributed by atoms with Crippen LogP contribution in [0.5, 0.6) is 0 Å². The summed E-state index contributed by atoms with van der Waals surface area (Å²) in [6.45, 7) is 0.941. The van der Waals surface area contributed by atoms with Gasteiger partial charge in [0.25, 0.3) is 0 Å². The molecule has 0 aromatic heterocycles. The highest BCUT2D eigenvalue weighted by atomic mass is 35.5. The largest absolute Gasteiger partial charge is 0.398 e. The van der Waals surface area contributed by atoms with Crippen LogP contribution in [-0.2, 0) is 0 Å². The van der Waals surface area contributed by atoms with Crippen molar-refractivity contribution in [1.82, 2.24) is 0 Å². The Morgan fingerprint density at radius 1 is 0.952 bits per heavy atom. The van der Waals surface area contributed by atoms with Crippen molar-refractivity contribution in [2.75, 3.05) is 36.9 Å². The predicted molar refractivity (Wildman–Crippen MR) is 87.7 cm³/mol. The lowest BCUT2D eigenvalue weighted by Crippen LogP contribution is -2.29. The number of aliphatic hydroxyl groups excluding tert-OH is 2. The zero-order valence-electron chi connectivity index (χ0n) is 11.7. The van der Waals surface area contributed by atoms with Crippen molar-refractivity contribution in [3.05, 3.63) is 47.5 Å². The predicted octanol–water partition coefficient (Wildman–Crippen LogP) is 2.38. The first kappa shape index (κ1) is 15.6. The number of nitrogens with two attached hydrogens (primary N) is 1. The third kappa shape index (κ3) is 3.67. The van der Waals surface area contributed by atoms with Crippen molar-refractivity contribution in [2.45, 2.75) is 0 Å². The van der Waals surface area contributed by atoms with Crippen LogP contribution in [0, 0.1) is 0 Å². The molecular weight excluding hydrogens is 288 g/mol. The minimum absolute atomic E-state index is 0.0196. The third-order valence-electron chi connectivity index (χ3n) is 3.31. The van der Waals surface area contributed by atoms with E-state index in [-0.39, 0.29) is 13.2 Å². The van der Waals surface area contributed by atoms with Gasteiger partial charge in [-0.25, -0.2) is 0 Å². The fourth-order valence-electron chi connectivity index (χ4n) is 2.27. The number of benzene rings is 2. The molecule has 2 aromatic rings. The number of aliphatic hydroxyl groups is 2. The molecule has 0 bridgehead atoms. The van der Waals surface area contributed by atoms with Crippen molar-refractivity contribution >= 4 is 23.0 Å². The van der Waals surface area contributed by atoms with Crippen LogP contribution in [0.2, 0.25) is 5.02 Å². The quantitative estimate of drug-likeness (QED) is 0.717. The molecule has 0 amide bonds. The molecule has 2 aromatic carbocycles. The fraction of sp³-hybridized carbons (Fsp3) is 0.250. The number of rotatable bonds is 6. The Hall–Kier alpha value is -1.75. The van der Waals surface area contributed by atoms with Gasteiger partial charge in [-0.3, -0.25) is 0 Å². The summed E-state index contributed by atoms with van der Waals surface area (Å²) < 4.78 is 0. The maximum absolute atomic E-state index is 9.14. The van der Waals surface area contributed by atoms with Crippen LogP contribution in [0.1, 0.15) is 0 Å². The molecule has 4 nitrogen and oxygen atoms in total. The van der Waals surface area contributed by atoms with Gasteiger partial charge in [0.05, 0.1) is 13.2 Å². The van der Waals surface area contributed by atoms with Crippen LogP contribution in [0.4, 0.5) is 11.4 Å². The molecule has 0 aliphatic carbocycles. The molecule has 0 aliphatic heterocycles. The van der Waals surface area contributed by atoms with Gasteiger partial charge >= 0.3 is 0 Å². The molecule has 0 heterocycles. The van der Waals surface area contributed by atoms with Crippen LogP contribution in [-0.4, -0.2) is 36.5 Å². The van der Waals surface area contributed by atoms with E-state index >= 15 is 0 Å². The first-order valence-electron chi connectivity index (χ1n) is 6.78. The SMILES string of the molecule is Nc1ccc(N(CCO)CCO)cc1-c1ccccc1Cl. The molecule has 0 spiro atoms. The Bertz CT molecular complexity index is 599. The number of nitrogens with zero attached hydrogens (tertiary/aromatic N) is 1. The molecular formula is C16H19ClN2O2. The summed E-state index contributed by atoms with van der Waals surface area (Å²) in [4.78, 5) is 1.90. The average molecular weight is 307 g/mol. The number of hydrogen-bond donors (Lipinski definition) is 3. The molecule has 0 saturated heterocycles. The van der Waals surface area contributed by atoms with E-state index in [1.807, 2.05) is 47.4 Å². The van der Waals surface area contributed by atoms with Crippen molar-refractivity contribution in [3.63, 3.8) is 0 Å². The number of nitrogen functional groups attached to an aromatic ring is 1. The second-order valence-electron chi connectivity index (χ2n) is 4.69. The molecule has 0 unspecified atom stereocenters. The molecule has 112 valence electrons. The van der Waals surface area contributed by atoms with E-state index in [0.717, 1.165) is 16.8 Å². The Kier molecular flexibility index (Phi) is 5.44. The first-order chi connectivity index (χ1) is 10.2. The Labute approximate surface area is 129 Å². The molecule has 2 rings (SSSR count). The monoisotopic (exact) mass is 306 g/mol. The summed E-state index contributed by atoms with van der Waals surface area (Å²) in [5.41, 5.74) is 9.31. The van der Waals surface area contributed by atoms with Crippen LogP contribution in [0.3, 0.4) is 0 Å². The van der Waals surface area contributed by atoms with E-state index in [2.05, 4.69) is 0 Å². The molecule has 0 saturated carbocycles. The average Bonchev–Trinajstić information content (AvgIpc) is 2.48. The lowest BCUT2D eigenvalue weighted by molar-refractivity contribution is 0.281. The van der Waals surface area contributed by atoms with Crippen molar-refractivity contribution in [2.24, 2.45) is 0 Å². The fourth-order valence-corrected chi connectivity index (χ4v) is 2.50. The topological polar surface area (TPSA) is 69.7 Å². The van der Waals surface area contributed by atoms with E-state index in [0.29, 0.717) is 23.8 Å². The maximum atomic E-state index is 9.14. The minimum atomic E-state index is 0.0196. The minimum Gasteiger partial charge on any atom is -0.398 e. The summed E-state index contributed by atoms with van der Waals surface area (Å²) in [7, 11) is 0. The molecule has 0 aliphatic rings. The first-order valence-corrected chi connectivity index (χ1v) is 7.16. The summed E-state index contributed by atoms with van der Waals surface area (Å²) in [6, 6.07) is 13.1. The van der Waals surface area contributed by atoms with Gasteiger partial charge in [0.2, 0.25) is 0 Å². The molecule has 5 heteroatoms. The van der Waals surface area contributed by atoms with Crippen molar-refractivity contribution < 1.29 is 10.2 Å². The lowest BCUT2D eigenvalue weighted by Gasteiger charge is -2.24. The van der Waals surface area contributed by atoms with Gasteiger partial charge in [-0.15, -0.1) is 0 Å². The Balaban J connectivity index is 2.43. The smallest absolute Gasteiger partial charge is 0.0606 e. The second kappa shape index (κ2) is 7.31. The van der Waals surface area contributed by atoms with Crippen LogP contribution >= 0.6 is 11.6 Å². The number of hydrogen-bond acceptors (Lipinski definition) is 4. The summed E-state index contributed by atoms with van der Waals surface area (Å²) in [5.74, 6) is 0. The van der Waals surface area contributed by atoms with Gasteiger partial charge in [-0.1, -0.05) is 29.8 Å². The standard InChI is InChI=1S/C16H19ClN2O2/c17-15-4-2-1-3-13(15)14-11-12(5-6-16(14)18)19(7-9-20)8-10-21/h1-6,11,20-21H,7-10,18H2. The van der Waals surface area contributed by atoms with E-state index in [1.54, 1.807) is 0 Å². The maximum Gasteiger partial charge on any atom is 0.0606 e. The molecule has 4 N–H and O–H groups in total. The van der Waals surface area contributed by atoms with Gasteiger partial charge in [-0.05, 0) is 24.3 Å². The Morgan fingerprint density at radius 3 is 2.24 bits per heavy atom. The summed E-state index contributed by atoms with van der Waals surface area (Å²) >= 11 is 6.24. The van der Waals surface area contributed by atoms with Crippen LogP contribution < -0.4 is 10.6 Å². The molecule has 0 atom stereocenters. The summed E-state index contributed by atoms with van der Waals surface area (Å²) in [6.07, 6.45) is 0. The van der Waals surface area contributed by atoms with Gasteiger partial charge in [0.1, 0.15) is 0 Å². The third-order valence-corrected chi connectivity index (χ3v) is 3.64. The van der Waals surface area contributed by atoms with Crippen LogP contribution in [0.15, 0.2) is 42.5 Å². The number of anilines is 2. The van der Waals surface area contributed by atoms with Gasteiger partial charge < -0.3 is 20.8 Å². The van der Waals surface area contributed by atoms with Gasteiger partial charge in [0.15, 0.2) is 0 Å². The Morgan fingerprint density at radius 2 is 1.62 bits per heavy atom.